The average Bonchev–Trinajstić information content (AvgIpc) is 2.68. The van der Waals surface area contributed by atoms with Gasteiger partial charge in [0.25, 0.3) is 5.01 Å². The van der Waals surface area contributed by atoms with Crippen LogP contribution in [0.3, 0.4) is 0 Å². The quantitative estimate of drug-likeness (QED) is 0.647. The summed E-state index contributed by atoms with van der Waals surface area (Å²) in [6.45, 7) is 1.71. The van der Waals surface area contributed by atoms with Crippen molar-refractivity contribution in [2.45, 2.75) is 19.4 Å². The summed E-state index contributed by atoms with van der Waals surface area (Å²) in [4.78, 5) is 0.817. The highest BCUT2D eigenvalue weighted by atomic mass is 32.1. The number of benzene rings is 1. The molecule has 1 aromatic heterocycles. The second-order valence-electron chi connectivity index (χ2n) is 4.03. The summed E-state index contributed by atoms with van der Waals surface area (Å²) >= 11 is 1.25. The molecule has 2 rings (SSSR count). The lowest BCUT2D eigenvalue weighted by Crippen LogP contribution is -2.33. The molecule has 0 aliphatic carbocycles. The van der Waals surface area contributed by atoms with Gasteiger partial charge in [0.15, 0.2) is 6.10 Å². The van der Waals surface area contributed by atoms with E-state index in [4.69, 9.17) is 5.11 Å². The predicted octanol–water partition coefficient (Wildman–Crippen LogP) is 1.31. The summed E-state index contributed by atoms with van der Waals surface area (Å²) in [5, 5.41) is 31.5. The molecule has 5 heteroatoms. The van der Waals surface area contributed by atoms with Crippen LogP contribution < -0.4 is 4.73 Å². The fourth-order valence-electron chi connectivity index (χ4n) is 1.80. The van der Waals surface area contributed by atoms with Crippen molar-refractivity contribution in [3.05, 3.63) is 56.7 Å². The lowest BCUT2D eigenvalue weighted by molar-refractivity contribution is -0.618. The van der Waals surface area contributed by atoms with Gasteiger partial charge in [-0.1, -0.05) is 41.7 Å². The van der Waals surface area contributed by atoms with Gasteiger partial charge in [-0.15, -0.1) is 0 Å². The van der Waals surface area contributed by atoms with E-state index in [1.54, 1.807) is 19.1 Å². The smallest absolute Gasteiger partial charge is 0.282 e. The van der Waals surface area contributed by atoms with Gasteiger partial charge in [-0.05, 0) is 5.56 Å². The Kier molecular flexibility index (Phi) is 3.96. The molecule has 0 aliphatic rings. The minimum atomic E-state index is -0.917. The number of thiazole rings is 1. The van der Waals surface area contributed by atoms with Crippen molar-refractivity contribution in [2.24, 2.45) is 0 Å². The predicted molar refractivity (Wildman–Crippen MR) is 69.3 cm³/mol. The van der Waals surface area contributed by atoms with Crippen LogP contribution in [0.4, 0.5) is 0 Å². The van der Waals surface area contributed by atoms with Gasteiger partial charge in [0.1, 0.15) is 0 Å². The van der Waals surface area contributed by atoms with Gasteiger partial charge in [0.05, 0.1) is 4.88 Å². The summed E-state index contributed by atoms with van der Waals surface area (Å²) < 4.78 is 0.757. The maximum absolute atomic E-state index is 12.0. The van der Waals surface area contributed by atoms with Gasteiger partial charge in [0.2, 0.25) is 5.69 Å². The minimum Gasteiger partial charge on any atom is -0.618 e. The third kappa shape index (κ3) is 2.38. The molecule has 4 nitrogen and oxygen atoms in total. The number of aliphatic hydroxyl groups is 2. The van der Waals surface area contributed by atoms with E-state index < -0.39 is 6.10 Å². The Hall–Kier alpha value is -1.43. The second kappa shape index (κ2) is 5.48. The van der Waals surface area contributed by atoms with E-state index in [9.17, 15) is 10.3 Å². The van der Waals surface area contributed by atoms with Crippen LogP contribution in [0.1, 0.15) is 27.2 Å². The zero-order chi connectivity index (χ0) is 13.1. The monoisotopic (exact) mass is 265 g/mol. The molecule has 1 heterocycles. The fourth-order valence-corrected chi connectivity index (χ4v) is 2.94. The van der Waals surface area contributed by atoms with Crippen LogP contribution in [0.15, 0.2) is 30.3 Å². The van der Waals surface area contributed by atoms with Crippen molar-refractivity contribution in [1.29, 1.82) is 0 Å². The Bertz CT molecular complexity index is 525. The molecule has 0 saturated carbocycles. The van der Waals surface area contributed by atoms with Gasteiger partial charge in [-0.25, -0.2) is 0 Å². The van der Waals surface area contributed by atoms with Gasteiger partial charge >= 0.3 is 0 Å². The van der Waals surface area contributed by atoms with Crippen LogP contribution in [0.25, 0.3) is 0 Å². The molecule has 0 fully saturated rings. The molecule has 0 aliphatic heterocycles. The van der Waals surface area contributed by atoms with Crippen LogP contribution in [-0.4, -0.2) is 16.8 Å². The highest BCUT2D eigenvalue weighted by Crippen LogP contribution is 2.26. The number of hydrogen-bond donors (Lipinski definition) is 2. The number of hydrogen-bond acceptors (Lipinski definition) is 4. The molecular formula is C13H15NO3S. The first-order valence-electron chi connectivity index (χ1n) is 5.70. The van der Waals surface area contributed by atoms with Crippen molar-refractivity contribution in [3.63, 3.8) is 0 Å². The van der Waals surface area contributed by atoms with Crippen molar-refractivity contribution >= 4 is 11.3 Å². The molecule has 0 radical (unpaired) electrons. The highest BCUT2D eigenvalue weighted by molar-refractivity contribution is 7.11. The molecule has 0 bridgehead atoms. The van der Waals surface area contributed by atoms with Crippen molar-refractivity contribution in [3.8, 4) is 0 Å². The third-order valence-electron chi connectivity index (χ3n) is 2.82. The van der Waals surface area contributed by atoms with Crippen molar-refractivity contribution < 1.29 is 14.9 Å². The lowest BCUT2D eigenvalue weighted by Gasteiger charge is -2.07. The van der Waals surface area contributed by atoms with Crippen LogP contribution >= 0.6 is 11.3 Å². The summed E-state index contributed by atoms with van der Waals surface area (Å²) in [5.41, 5.74) is 1.25. The number of aromatic nitrogens is 1. The Morgan fingerprint density at radius 2 is 2.00 bits per heavy atom. The molecule has 0 saturated heterocycles. The third-order valence-corrected chi connectivity index (χ3v) is 4.17. The van der Waals surface area contributed by atoms with Crippen LogP contribution in [0.2, 0.25) is 0 Å². The Balaban J connectivity index is 2.36. The first kappa shape index (κ1) is 13.0. The maximum Gasteiger partial charge on any atom is 0.282 e. The summed E-state index contributed by atoms with van der Waals surface area (Å²) in [6.07, 6.45) is -0.472. The van der Waals surface area contributed by atoms with Gasteiger partial charge < -0.3 is 15.4 Å². The molecule has 0 spiro atoms. The molecule has 96 valence electrons. The van der Waals surface area contributed by atoms with E-state index in [1.807, 2.05) is 18.2 Å². The van der Waals surface area contributed by atoms with Crippen LogP contribution in [0, 0.1) is 12.1 Å². The topological polar surface area (TPSA) is 67.4 Å². The van der Waals surface area contributed by atoms with Crippen molar-refractivity contribution in [1.82, 2.24) is 0 Å². The van der Waals surface area contributed by atoms with E-state index in [2.05, 4.69) is 0 Å². The molecule has 1 aromatic carbocycles. The van der Waals surface area contributed by atoms with E-state index in [-0.39, 0.29) is 6.61 Å². The summed E-state index contributed by atoms with van der Waals surface area (Å²) in [5.74, 6) is 0. The normalized spacial score (nSPS) is 12.6. The van der Waals surface area contributed by atoms with Gasteiger partial charge in [-0.2, -0.15) is 4.73 Å². The van der Waals surface area contributed by atoms with E-state index >= 15 is 0 Å². The second-order valence-corrected chi connectivity index (χ2v) is 5.15. The Morgan fingerprint density at radius 3 is 2.61 bits per heavy atom. The SMILES string of the molecule is Cc1c(CCO)sc(C(O)c2ccccc2)[n+]1[O-]. The lowest BCUT2D eigenvalue weighted by atomic mass is 10.1. The van der Waals surface area contributed by atoms with Crippen LogP contribution in [0.5, 0.6) is 0 Å². The van der Waals surface area contributed by atoms with Crippen LogP contribution in [-0.2, 0) is 6.42 Å². The molecule has 2 N–H and O–H groups in total. The van der Waals surface area contributed by atoms with Crippen molar-refractivity contribution in [2.75, 3.05) is 6.61 Å². The molecule has 1 atom stereocenters. The minimum absolute atomic E-state index is 0.00221. The number of rotatable bonds is 4. The molecule has 18 heavy (non-hydrogen) atoms. The molecule has 0 amide bonds. The fraction of sp³-hybridized carbons (Fsp3) is 0.308. The zero-order valence-electron chi connectivity index (χ0n) is 10.0. The summed E-state index contributed by atoms with van der Waals surface area (Å²) in [6, 6.07) is 9.07. The largest absolute Gasteiger partial charge is 0.618 e. The number of aliphatic hydroxyl groups excluding tert-OH is 2. The van der Waals surface area contributed by atoms with Gasteiger partial charge in [0, 0.05) is 20.0 Å². The Morgan fingerprint density at radius 1 is 1.33 bits per heavy atom. The van der Waals surface area contributed by atoms with E-state index in [0.717, 1.165) is 9.61 Å². The highest BCUT2D eigenvalue weighted by Gasteiger charge is 2.26. The molecule has 1 unspecified atom stereocenters. The molecule has 2 aromatic rings. The average molecular weight is 265 g/mol. The zero-order valence-corrected chi connectivity index (χ0v) is 10.9. The first-order chi connectivity index (χ1) is 8.65. The maximum atomic E-state index is 12.0. The van der Waals surface area contributed by atoms with Gasteiger partial charge in [-0.3, -0.25) is 0 Å². The summed E-state index contributed by atoms with van der Waals surface area (Å²) in [7, 11) is 0. The molecular weight excluding hydrogens is 250 g/mol. The van der Waals surface area contributed by atoms with E-state index in [0.29, 0.717) is 22.7 Å². The first-order valence-corrected chi connectivity index (χ1v) is 6.52. The standard InChI is InChI=1S/C13H15NO3S/c1-9-11(7-8-15)18-13(14(9)17)12(16)10-5-3-2-4-6-10/h2-6,12,15-16H,7-8H2,1H3. The Labute approximate surface area is 109 Å². The van der Waals surface area contributed by atoms with E-state index in [1.165, 1.54) is 11.3 Å². The number of nitrogens with zero attached hydrogens (tertiary/aromatic N) is 1.